The maximum Gasteiger partial charge on any atom is 0.142 e. The molecule has 0 aromatic carbocycles. The van der Waals surface area contributed by atoms with Crippen LogP contribution in [-0.4, -0.2) is 5.16 Å². The first-order chi connectivity index (χ1) is 6.67. The minimum Gasteiger partial charge on any atom is -0.361 e. The summed E-state index contributed by atoms with van der Waals surface area (Å²) in [6, 6.07) is 1.97. The van der Waals surface area contributed by atoms with E-state index in [1.807, 2.05) is 6.07 Å². The highest BCUT2D eigenvalue weighted by Crippen LogP contribution is 2.28. The topological polar surface area (TPSA) is 26.0 Å². The standard InChI is InChI=1S/C12H21NO/c1-4-5-6-7-9-12(2,3)11-8-10-13-14-11/h8,10H,4-7,9H2,1-3H3. The van der Waals surface area contributed by atoms with Gasteiger partial charge in [0.2, 0.25) is 0 Å². The zero-order valence-electron chi connectivity index (χ0n) is 9.55. The van der Waals surface area contributed by atoms with Gasteiger partial charge in [0.25, 0.3) is 0 Å². The number of unbranched alkanes of at least 4 members (excludes halogenated alkanes) is 3. The molecule has 1 heterocycles. The van der Waals surface area contributed by atoms with Crippen LogP contribution in [0.2, 0.25) is 0 Å². The van der Waals surface area contributed by atoms with Crippen molar-refractivity contribution in [2.24, 2.45) is 0 Å². The Morgan fingerprint density at radius 1 is 1.29 bits per heavy atom. The molecule has 2 nitrogen and oxygen atoms in total. The van der Waals surface area contributed by atoms with Gasteiger partial charge < -0.3 is 4.52 Å². The zero-order valence-corrected chi connectivity index (χ0v) is 9.55. The van der Waals surface area contributed by atoms with Gasteiger partial charge in [0.15, 0.2) is 0 Å². The smallest absolute Gasteiger partial charge is 0.142 e. The Hall–Kier alpha value is -0.790. The lowest BCUT2D eigenvalue weighted by Crippen LogP contribution is -2.15. The van der Waals surface area contributed by atoms with E-state index in [1.54, 1.807) is 6.20 Å². The molecule has 0 saturated carbocycles. The Balaban J connectivity index is 2.35. The molecule has 0 saturated heterocycles. The first-order valence-electron chi connectivity index (χ1n) is 5.58. The van der Waals surface area contributed by atoms with Crippen molar-refractivity contribution in [1.82, 2.24) is 5.16 Å². The third-order valence-corrected chi connectivity index (χ3v) is 2.76. The third-order valence-electron chi connectivity index (χ3n) is 2.76. The average molecular weight is 195 g/mol. The van der Waals surface area contributed by atoms with Crippen molar-refractivity contribution in [2.45, 2.75) is 58.3 Å². The molecule has 0 spiro atoms. The van der Waals surface area contributed by atoms with E-state index in [0.29, 0.717) is 0 Å². The van der Waals surface area contributed by atoms with Gasteiger partial charge in [-0.25, -0.2) is 0 Å². The monoisotopic (exact) mass is 195 g/mol. The van der Waals surface area contributed by atoms with Crippen LogP contribution in [0.4, 0.5) is 0 Å². The first kappa shape index (κ1) is 11.3. The summed E-state index contributed by atoms with van der Waals surface area (Å²) in [6.07, 6.45) is 8.15. The summed E-state index contributed by atoms with van der Waals surface area (Å²) in [5.74, 6) is 1.01. The average Bonchev–Trinajstić information content (AvgIpc) is 2.65. The highest BCUT2D eigenvalue weighted by atomic mass is 16.5. The van der Waals surface area contributed by atoms with Gasteiger partial charge in [-0.3, -0.25) is 0 Å². The summed E-state index contributed by atoms with van der Waals surface area (Å²) in [5, 5.41) is 3.76. The Morgan fingerprint density at radius 2 is 2.07 bits per heavy atom. The van der Waals surface area contributed by atoms with Gasteiger partial charge in [-0.2, -0.15) is 0 Å². The predicted molar refractivity (Wildman–Crippen MR) is 58.3 cm³/mol. The highest BCUT2D eigenvalue weighted by molar-refractivity contribution is 5.07. The van der Waals surface area contributed by atoms with Crippen molar-refractivity contribution in [3.63, 3.8) is 0 Å². The normalized spacial score (nSPS) is 11.9. The van der Waals surface area contributed by atoms with E-state index in [2.05, 4.69) is 25.9 Å². The fourth-order valence-corrected chi connectivity index (χ4v) is 1.68. The zero-order chi connectivity index (χ0) is 10.4. The molecule has 0 aliphatic heterocycles. The molecule has 80 valence electrons. The van der Waals surface area contributed by atoms with Crippen LogP contribution in [0.5, 0.6) is 0 Å². The molecule has 0 radical (unpaired) electrons. The van der Waals surface area contributed by atoms with Crippen LogP contribution in [0.15, 0.2) is 16.8 Å². The van der Waals surface area contributed by atoms with Crippen molar-refractivity contribution < 1.29 is 4.52 Å². The van der Waals surface area contributed by atoms with Crippen LogP contribution in [0.1, 0.15) is 58.6 Å². The van der Waals surface area contributed by atoms with Crippen LogP contribution in [0.25, 0.3) is 0 Å². The van der Waals surface area contributed by atoms with Gasteiger partial charge in [-0.1, -0.05) is 51.6 Å². The van der Waals surface area contributed by atoms with Crippen LogP contribution in [0, 0.1) is 0 Å². The molecule has 0 unspecified atom stereocenters. The van der Waals surface area contributed by atoms with Gasteiger partial charge in [0.05, 0.1) is 6.20 Å². The second kappa shape index (κ2) is 5.18. The van der Waals surface area contributed by atoms with Crippen molar-refractivity contribution in [3.8, 4) is 0 Å². The lowest BCUT2D eigenvalue weighted by atomic mass is 9.84. The maximum atomic E-state index is 5.21. The fourth-order valence-electron chi connectivity index (χ4n) is 1.68. The molecule has 0 amide bonds. The second-order valence-electron chi connectivity index (χ2n) is 4.57. The van der Waals surface area contributed by atoms with Crippen molar-refractivity contribution in [1.29, 1.82) is 0 Å². The quantitative estimate of drug-likeness (QED) is 0.643. The molecule has 0 bridgehead atoms. The Bertz CT molecular complexity index is 239. The minimum atomic E-state index is 0.143. The largest absolute Gasteiger partial charge is 0.361 e. The number of rotatable bonds is 6. The highest BCUT2D eigenvalue weighted by Gasteiger charge is 2.23. The number of aromatic nitrogens is 1. The number of nitrogens with zero attached hydrogens (tertiary/aromatic N) is 1. The van der Waals surface area contributed by atoms with Crippen molar-refractivity contribution in [2.75, 3.05) is 0 Å². The van der Waals surface area contributed by atoms with Gasteiger partial charge in [0.1, 0.15) is 5.76 Å². The summed E-state index contributed by atoms with van der Waals surface area (Å²) in [4.78, 5) is 0. The fraction of sp³-hybridized carbons (Fsp3) is 0.750. The summed E-state index contributed by atoms with van der Waals surface area (Å²) < 4.78 is 5.21. The van der Waals surface area contributed by atoms with Gasteiger partial charge in [-0.15, -0.1) is 0 Å². The molecule has 0 aliphatic rings. The predicted octanol–water partition coefficient (Wildman–Crippen LogP) is 3.92. The summed E-state index contributed by atoms with van der Waals surface area (Å²) in [5.41, 5.74) is 0.143. The van der Waals surface area contributed by atoms with E-state index < -0.39 is 0 Å². The Kier molecular flexibility index (Phi) is 4.18. The van der Waals surface area contributed by atoms with Gasteiger partial charge in [0, 0.05) is 11.5 Å². The second-order valence-corrected chi connectivity index (χ2v) is 4.57. The number of hydrogen-bond acceptors (Lipinski definition) is 2. The molecular formula is C12H21NO. The Morgan fingerprint density at radius 3 is 2.64 bits per heavy atom. The van der Waals surface area contributed by atoms with Crippen molar-refractivity contribution >= 4 is 0 Å². The van der Waals surface area contributed by atoms with Crippen LogP contribution in [-0.2, 0) is 5.41 Å². The van der Waals surface area contributed by atoms with E-state index in [9.17, 15) is 0 Å². The lowest BCUT2D eigenvalue weighted by Gasteiger charge is -2.20. The molecule has 14 heavy (non-hydrogen) atoms. The van der Waals surface area contributed by atoms with E-state index in [0.717, 1.165) is 5.76 Å². The Labute approximate surface area is 86.7 Å². The maximum absolute atomic E-state index is 5.21. The molecule has 1 rings (SSSR count). The van der Waals surface area contributed by atoms with E-state index >= 15 is 0 Å². The third kappa shape index (κ3) is 3.17. The lowest BCUT2D eigenvalue weighted by molar-refractivity contribution is 0.299. The van der Waals surface area contributed by atoms with E-state index in [4.69, 9.17) is 4.52 Å². The molecule has 0 N–H and O–H groups in total. The van der Waals surface area contributed by atoms with E-state index in [1.165, 1.54) is 32.1 Å². The van der Waals surface area contributed by atoms with Gasteiger partial charge >= 0.3 is 0 Å². The van der Waals surface area contributed by atoms with Crippen LogP contribution >= 0.6 is 0 Å². The van der Waals surface area contributed by atoms with Gasteiger partial charge in [-0.05, 0) is 6.42 Å². The molecule has 0 atom stereocenters. The molecular weight excluding hydrogens is 174 g/mol. The van der Waals surface area contributed by atoms with E-state index in [-0.39, 0.29) is 5.41 Å². The minimum absolute atomic E-state index is 0.143. The molecule has 1 aromatic rings. The molecule has 0 fully saturated rings. The number of hydrogen-bond donors (Lipinski definition) is 0. The first-order valence-corrected chi connectivity index (χ1v) is 5.58. The molecule has 2 heteroatoms. The summed E-state index contributed by atoms with van der Waals surface area (Å²) >= 11 is 0. The summed E-state index contributed by atoms with van der Waals surface area (Å²) in [7, 11) is 0. The SMILES string of the molecule is CCCCCCC(C)(C)c1ccno1. The van der Waals surface area contributed by atoms with Crippen LogP contribution in [0.3, 0.4) is 0 Å². The molecule has 0 aliphatic carbocycles. The van der Waals surface area contributed by atoms with Crippen LogP contribution < -0.4 is 0 Å². The molecule has 1 aromatic heterocycles. The summed E-state index contributed by atoms with van der Waals surface area (Å²) in [6.45, 7) is 6.68. The van der Waals surface area contributed by atoms with Crippen molar-refractivity contribution in [3.05, 3.63) is 18.0 Å².